The quantitative estimate of drug-likeness (QED) is 0.317. The lowest BCUT2D eigenvalue weighted by molar-refractivity contribution is -0.140. The number of anilines is 1. The summed E-state index contributed by atoms with van der Waals surface area (Å²) in [6, 6.07) is 16.2. The minimum atomic E-state index is -4.03. The Morgan fingerprint density at radius 1 is 0.949 bits per heavy atom. The van der Waals surface area contributed by atoms with Crippen molar-refractivity contribution < 1.29 is 22.4 Å². The molecule has 12 heteroatoms. The van der Waals surface area contributed by atoms with Gasteiger partial charge in [0, 0.05) is 35.1 Å². The molecule has 0 aliphatic rings. The lowest BCUT2D eigenvalue weighted by atomic mass is 10.0. The third-order valence-electron chi connectivity index (χ3n) is 5.88. The van der Waals surface area contributed by atoms with Crippen LogP contribution in [-0.4, -0.2) is 50.5 Å². The van der Waals surface area contributed by atoms with Crippen LogP contribution >= 0.6 is 34.8 Å². The number of likely N-dealkylation sites (N-methyl/N-ethyl adjacent to an activating group) is 1. The number of carbonyl (C=O) groups excluding carboxylic acids is 2. The Bertz CT molecular complexity index is 1420. The number of amides is 2. The molecule has 0 aliphatic heterocycles. The molecule has 7 nitrogen and oxygen atoms in total. The molecule has 39 heavy (non-hydrogen) atoms. The number of benzene rings is 3. The van der Waals surface area contributed by atoms with Crippen LogP contribution in [0.5, 0.6) is 0 Å². The monoisotopic (exact) mass is 613 g/mol. The van der Waals surface area contributed by atoms with Gasteiger partial charge in [0.05, 0.1) is 17.0 Å². The Hall–Kier alpha value is -2.85. The van der Waals surface area contributed by atoms with Gasteiger partial charge in [0.2, 0.25) is 21.8 Å². The van der Waals surface area contributed by atoms with Gasteiger partial charge in [-0.2, -0.15) is 0 Å². The van der Waals surface area contributed by atoms with Gasteiger partial charge in [-0.05, 0) is 42.8 Å². The number of hydrogen-bond donors (Lipinski definition) is 1. The lowest BCUT2D eigenvalue weighted by Gasteiger charge is -2.33. The van der Waals surface area contributed by atoms with Crippen LogP contribution in [0, 0.1) is 5.82 Å². The van der Waals surface area contributed by atoms with Gasteiger partial charge in [0.25, 0.3) is 0 Å². The Kier molecular flexibility index (Phi) is 10.6. The Labute approximate surface area is 242 Å². The summed E-state index contributed by atoms with van der Waals surface area (Å²) in [5, 5.41) is 3.00. The summed E-state index contributed by atoms with van der Waals surface area (Å²) in [5.74, 6) is -1.88. The maximum atomic E-state index is 13.9. The first-order chi connectivity index (χ1) is 18.4. The topological polar surface area (TPSA) is 86.8 Å². The first-order valence-electron chi connectivity index (χ1n) is 11.9. The first-order valence-corrected chi connectivity index (χ1v) is 14.9. The van der Waals surface area contributed by atoms with Crippen molar-refractivity contribution in [1.82, 2.24) is 10.2 Å². The van der Waals surface area contributed by atoms with Gasteiger partial charge in [0.15, 0.2) is 0 Å². The van der Waals surface area contributed by atoms with Crippen molar-refractivity contribution in [3.05, 3.63) is 98.7 Å². The highest BCUT2D eigenvalue weighted by atomic mass is 35.5. The summed E-state index contributed by atoms with van der Waals surface area (Å²) < 4.78 is 40.1. The van der Waals surface area contributed by atoms with E-state index in [1.807, 2.05) is 30.3 Å². The van der Waals surface area contributed by atoms with Crippen LogP contribution in [0.2, 0.25) is 15.1 Å². The molecule has 0 heterocycles. The van der Waals surface area contributed by atoms with E-state index in [1.165, 1.54) is 11.0 Å². The van der Waals surface area contributed by atoms with Crippen LogP contribution in [-0.2, 0) is 32.6 Å². The SMILES string of the molecule is CCNC(=O)[C@H](Cc1ccccc1)N(Cc1c(Cl)cccc1Cl)C(=O)CN(c1ccc(F)c(Cl)c1)S(C)(=O)=O. The van der Waals surface area contributed by atoms with E-state index < -0.39 is 40.2 Å². The van der Waals surface area contributed by atoms with Crippen LogP contribution in [0.3, 0.4) is 0 Å². The second-order valence-corrected chi connectivity index (χ2v) is 11.8. The number of carbonyl (C=O) groups is 2. The molecule has 1 N–H and O–H groups in total. The average molecular weight is 615 g/mol. The fourth-order valence-corrected chi connectivity index (χ4v) is 5.49. The van der Waals surface area contributed by atoms with Crippen molar-refractivity contribution in [3.8, 4) is 0 Å². The zero-order chi connectivity index (χ0) is 28.7. The summed E-state index contributed by atoms with van der Waals surface area (Å²) in [6.07, 6.45) is 1.06. The lowest BCUT2D eigenvalue weighted by Crippen LogP contribution is -2.53. The van der Waals surface area contributed by atoms with E-state index in [1.54, 1.807) is 25.1 Å². The normalized spacial score (nSPS) is 12.1. The number of sulfonamides is 1. The highest BCUT2D eigenvalue weighted by molar-refractivity contribution is 7.92. The van der Waals surface area contributed by atoms with E-state index in [-0.39, 0.29) is 33.7 Å². The Morgan fingerprint density at radius 2 is 1.59 bits per heavy atom. The van der Waals surface area contributed by atoms with Crippen LogP contribution in [0.1, 0.15) is 18.1 Å². The minimum Gasteiger partial charge on any atom is -0.355 e. The van der Waals surface area contributed by atoms with Gasteiger partial charge in [-0.3, -0.25) is 13.9 Å². The van der Waals surface area contributed by atoms with Gasteiger partial charge >= 0.3 is 0 Å². The van der Waals surface area contributed by atoms with Crippen LogP contribution < -0.4 is 9.62 Å². The third-order valence-corrected chi connectivity index (χ3v) is 8.02. The van der Waals surface area contributed by atoms with Gasteiger partial charge in [-0.1, -0.05) is 71.2 Å². The number of rotatable bonds is 11. The molecule has 0 radical (unpaired) electrons. The molecule has 2 amide bonds. The number of halogens is 4. The van der Waals surface area contributed by atoms with Crippen molar-refractivity contribution in [1.29, 1.82) is 0 Å². The molecule has 3 rings (SSSR count). The second-order valence-electron chi connectivity index (χ2n) is 8.69. The minimum absolute atomic E-state index is 0.00871. The van der Waals surface area contributed by atoms with E-state index in [9.17, 15) is 22.4 Å². The fourth-order valence-electron chi connectivity index (χ4n) is 3.95. The summed E-state index contributed by atoms with van der Waals surface area (Å²) in [5.41, 5.74) is 1.17. The summed E-state index contributed by atoms with van der Waals surface area (Å²) in [6.45, 7) is 1.20. The molecule has 0 fully saturated rings. The summed E-state index contributed by atoms with van der Waals surface area (Å²) >= 11 is 18.7. The molecule has 208 valence electrons. The van der Waals surface area contributed by atoms with Crippen molar-refractivity contribution in [2.24, 2.45) is 0 Å². The number of hydrogen-bond acceptors (Lipinski definition) is 4. The molecule has 0 saturated carbocycles. The molecule has 1 atom stereocenters. The van der Waals surface area contributed by atoms with Gasteiger partial charge in [0.1, 0.15) is 18.4 Å². The average Bonchev–Trinajstić information content (AvgIpc) is 2.88. The second kappa shape index (κ2) is 13.5. The van der Waals surface area contributed by atoms with Gasteiger partial charge < -0.3 is 10.2 Å². The maximum Gasteiger partial charge on any atom is 0.244 e. The highest BCUT2D eigenvalue weighted by Crippen LogP contribution is 2.29. The molecule has 0 saturated heterocycles. The molecular weight excluding hydrogens is 588 g/mol. The Morgan fingerprint density at radius 3 is 2.15 bits per heavy atom. The fraction of sp³-hybridized carbons (Fsp3) is 0.259. The van der Waals surface area contributed by atoms with Crippen molar-refractivity contribution >= 4 is 62.3 Å². The smallest absolute Gasteiger partial charge is 0.244 e. The van der Waals surface area contributed by atoms with Gasteiger partial charge in [-0.15, -0.1) is 0 Å². The van der Waals surface area contributed by atoms with Crippen LogP contribution in [0.25, 0.3) is 0 Å². The van der Waals surface area contributed by atoms with E-state index >= 15 is 0 Å². The third kappa shape index (κ3) is 8.08. The molecule has 0 aliphatic carbocycles. The molecule has 0 aromatic heterocycles. The Balaban J connectivity index is 2.09. The number of nitrogens with one attached hydrogen (secondary N) is 1. The molecule has 0 spiro atoms. The summed E-state index contributed by atoms with van der Waals surface area (Å²) in [7, 11) is -4.03. The molecular formula is C27H27Cl3FN3O4S. The molecule has 0 unspecified atom stereocenters. The maximum absolute atomic E-state index is 13.9. The van der Waals surface area contributed by atoms with E-state index in [0.717, 1.165) is 28.3 Å². The van der Waals surface area contributed by atoms with Crippen molar-refractivity contribution in [2.75, 3.05) is 23.7 Å². The first kappa shape index (κ1) is 30.7. The summed E-state index contributed by atoms with van der Waals surface area (Å²) in [4.78, 5) is 28.5. The van der Waals surface area contributed by atoms with Crippen LogP contribution in [0.15, 0.2) is 66.7 Å². The highest BCUT2D eigenvalue weighted by Gasteiger charge is 2.33. The van der Waals surface area contributed by atoms with E-state index in [4.69, 9.17) is 34.8 Å². The molecule has 0 bridgehead atoms. The molecule has 3 aromatic rings. The number of nitrogens with zero attached hydrogens (tertiary/aromatic N) is 2. The largest absolute Gasteiger partial charge is 0.355 e. The zero-order valence-electron chi connectivity index (χ0n) is 21.2. The zero-order valence-corrected chi connectivity index (χ0v) is 24.3. The predicted octanol–water partition coefficient (Wildman–Crippen LogP) is 5.33. The van der Waals surface area contributed by atoms with Crippen molar-refractivity contribution in [3.63, 3.8) is 0 Å². The van der Waals surface area contributed by atoms with Crippen LogP contribution in [0.4, 0.5) is 10.1 Å². The molecule has 3 aromatic carbocycles. The van der Waals surface area contributed by atoms with Crippen molar-refractivity contribution in [2.45, 2.75) is 25.9 Å². The standard InChI is InChI=1S/C27H27Cl3FN3O4S/c1-3-32-27(36)25(14-18-8-5-4-6-9-18)33(16-20-21(28)10-7-11-22(20)29)26(35)17-34(39(2,37)38)19-12-13-24(31)23(30)15-19/h4-13,15,25H,3,14,16-17H2,1-2H3,(H,32,36)/t25-/m0/s1. The van der Waals surface area contributed by atoms with E-state index in [2.05, 4.69) is 5.32 Å². The van der Waals surface area contributed by atoms with E-state index in [0.29, 0.717) is 12.1 Å². The van der Waals surface area contributed by atoms with Gasteiger partial charge in [-0.25, -0.2) is 12.8 Å². The predicted molar refractivity (Wildman–Crippen MR) is 153 cm³/mol.